The number of carbonyl (C=O) groups is 1. The summed E-state index contributed by atoms with van der Waals surface area (Å²) in [5, 5.41) is 12.2. The summed E-state index contributed by atoms with van der Waals surface area (Å²) in [6.07, 6.45) is 2.73. The van der Waals surface area contributed by atoms with Gasteiger partial charge in [-0.15, -0.1) is 11.3 Å². The monoisotopic (exact) mass is 452 g/mol. The third kappa shape index (κ3) is 5.31. The molecule has 1 aliphatic heterocycles. The molecule has 0 spiro atoms. The summed E-state index contributed by atoms with van der Waals surface area (Å²) in [5.41, 5.74) is 2.93. The molecule has 1 aliphatic rings. The Morgan fingerprint density at radius 3 is 2.72 bits per heavy atom. The molecule has 32 heavy (non-hydrogen) atoms. The molecule has 2 atom stereocenters. The average molecular weight is 453 g/mol. The predicted octanol–water partition coefficient (Wildman–Crippen LogP) is 4.69. The number of nitrogens with one attached hydrogen (secondary N) is 1. The van der Waals surface area contributed by atoms with Crippen molar-refractivity contribution in [1.29, 1.82) is 0 Å². The molecule has 168 valence electrons. The Balaban J connectivity index is 1.61. The minimum absolute atomic E-state index is 0.00885. The maximum absolute atomic E-state index is 13.1. The zero-order valence-corrected chi connectivity index (χ0v) is 19.6. The van der Waals surface area contributed by atoms with Crippen LogP contribution >= 0.6 is 11.3 Å². The van der Waals surface area contributed by atoms with Crippen LogP contribution in [0.1, 0.15) is 65.8 Å². The number of nitrogens with zero attached hydrogens (tertiary/aromatic N) is 3. The molecule has 2 aromatic heterocycles. The number of hydrogen-bond donors (Lipinski definition) is 1. The van der Waals surface area contributed by atoms with Gasteiger partial charge in [-0.1, -0.05) is 13.8 Å². The van der Waals surface area contributed by atoms with Gasteiger partial charge >= 0.3 is 0 Å². The highest BCUT2D eigenvalue weighted by Gasteiger charge is 2.20. The van der Waals surface area contributed by atoms with E-state index in [-0.39, 0.29) is 18.1 Å². The number of aromatic nitrogens is 3. The highest BCUT2D eigenvalue weighted by Crippen LogP contribution is 2.33. The summed E-state index contributed by atoms with van der Waals surface area (Å²) < 4.78 is 11.6. The van der Waals surface area contributed by atoms with E-state index in [1.807, 2.05) is 44.3 Å². The van der Waals surface area contributed by atoms with E-state index in [2.05, 4.69) is 34.3 Å². The van der Waals surface area contributed by atoms with Gasteiger partial charge in [-0.3, -0.25) is 4.79 Å². The summed E-state index contributed by atoms with van der Waals surface area (Å²) >= 11 is 1.64. The molecule has 0 saturated carbocycles. The maximum Gasteiger partial charge on any atom is 0.251 e. The van der Waals surface area contributed by atoms with E-state index in [4.69, 9.17) is 9.47 Å². The van der Waals surface area contributed by atoms with Crippen molar-refractivity contribution in [3.63, 3.8) is 0 Å². The molecule has 3 aromatic rings. The average Bonchev–Trinajstić information content (AvgIpc) is 3.46. The van der Waals surface area contributed by atoms with Crippen LogP contribution in [0.15, 0.2) is 36.5 Å². The standard InChI is InChI=1S/C24H28N4O3S/c1-14(2)22-12-25-24(32-22)18-9-17(10-20(11-18)31-19-7-8-30-13-19)23(29)26-16(4)21-6-5-15(3)27-28-21/h5-6,9-12,14,16,19H,7-8,13H2,1-4H3,(H,26,29)/t16?,19-/m0/s1. The Kier molecular flexibility index (Phi) is 6.81. The van der Waals surface area contributed by atoms with Crippen molar-refractivity contribution in [2.45, 2.75) is 52.2 Å². The Labute approximate surface area is 192 Å². The summed E-state index contributed by atoms with van der Waals surface area (Å²) in [6.45, 7) is 9.31. The Bertz CT molecular complexity index is 1080. The predicted molar refractivity (Wildman–Crippen MR) is 124 cm³/mol. The highest BCUT2D eigenvalue weighted by molar-refractivity contribution is 7.15. The molecule has 7 nitrogen and oxygen atoms in total. The number of ether oxygens (including phenoxy) is 2. The van der Waals surface area contributed by atoms with E-state index in [1.54, 1.807) is 17.4 Å². The smallest absolute Gasteiger partial charge is 0.251 e. The lowest BCUT2D eigenvalue weighted by Crippen LogP contribution is -2.27. The van der Waals surface area contributed by atoms with Crippen LogP contribution in [-0.2, 0) is 4.74 Å². The van der Waals surface area contributed by atoms with Gasteiger partial charge in [0, 0.05) is 28.6 Å². The van der Waals surface area contributed by atoms with Crippen LogP contribution in [-0.4, -0.2) is 40.4 Å². The Morgan fingerprint density at radius 2 is 2.06 bits per heavy atom. The summed E-state index contributed by atoms with van der Waals surface area (Å²) in [6, 6.07) is 9.08. The first-order valence-electron chi connectivity index (χ1n) is 10.9. The topological polar surface area (TPSA) is 86.2 Å². The van der Waals surface area contributed by atoms with Gasteiger partial charge in [-0.25, -0.2) is 4.98 Å². The molecule has 0 radical (unpaired) electrons. The third-order valence-corrected chi connectivity index (χ3v) is 6.66. The van der Waals surface area contributed by atoms with Crippen molar-refractivity contribution in [3.8, 4) is 16.3 Å². The second kappa shape index (κ2) is 9.75. The summed E-state index contributed by atoms with van der Waals surface area (Å²) in [4.78, 5) is 18.9. The zero-order valence-electron chi connectivity index (χ0n) is 18.8. The van der Waals surface area contributed by atoms with Crippen LogP contribution in [0.3, 0.4) is 0 Å². The van der Waals surface area contributed by atoms with Gasteiger partial charge in [-0.2, -0.15) is 10.2 Å². The molecule has 1 aromatic carbocycles. The van der Waals surface area contributed by atoms with Crippen LogP contribution in [0, 0.1) is 6.92 Å². The second-order valence-electron chi connectivity index (χ2n) is 8.37. The first-order valence-corrected chi connectivity index (χ1v) is 11.7. The lowest BCUT2D eigenvalue weighted by molar-refractivity contribution is 0.0938. The van der Waals surface area contributed by atoms with Crippen LogP contribution in [0.25, 0.3) is 10.6 Å². The van der Waals surface area contributed by atoms with Gasteiger partial charge in [-0.05, 0) is 50.1 Å². The quantitative estimate of drug-likeness (QED) is 0.560. The van der Waals surface area contributed by atoms with Gasteiger partial charge < -0.3 is 14.8 Å². The van der Waals surface area contributed by atoms with Crippen molar-refractivity contribution < 1.29 is 14.3 Å². The fourth-order valence-corrected chi connectivity index (χ4v) is 4.31. The molecular formula is C24H28N4O3S. The lowest BCUT2D eigenvalue weighted by atomic mass is 10.1. The van der Waals surface area contributed by atoms with E-state index >= 15 is 0 Å². The SMILES string of the molecule is Cc1ccc(C(C)NC(=O)c2cc(O[C@H]3CCOC3)cc(-c3ncc(C(C)C)s3)c2)nn1. The van der Waals surface area contributed by atoms with Crippen molar-refractivity contribution in [2.24, 2.45) is 0 Å². The Morgan fingerprint density at radius 1 is 1.22 bits per heavy atom. The van der Waals surface area contributed by atoms with E-state index < -0.39 is 0 Å². The molecular weight excluding hydrogens is 424 g/mol. The summed E-state index contributed by atoms with van der Waals surface area (Å²) in [5.74, 6) is 0.845. The van der Waals surface area contributed by atoms with E-state index in [0.717, 1.165) is 22.7 Å². The van der Waals surface area contributed by atoms with Gasteiger partial charge in [0.15, 0.2) is 0 Å². The van der Waals surface area contributed by atoms with Crippen LogP contribution < -0.4 is 10.1 Å². The molecule has 1 amide bonds. The molecule has 8 heteroatoms. The maximum atomic E-state index is 13.1. The molecule has 1 fully saturated rings. The number of benzene rings is 1. The second-order valence-corrected chi connectivity index (χ2v) is 9.43. The fourth-order valence-electron chi connectivity index (χ4n) is 3.40. The van der Waals surface area contributed by atoms with Gasteiger partial charge in [0.2, 0.25) is 0 Å². The molecule has 1 saturated heterocycles. The van der Waals surface area contributed by atoms with E-state index in [0.29, 0.717) is 36.1 Å². The number of amides is 1. The summed E-state index contributed by atoms with van der Waals surface area (Å²) in [7, 11) is 0. The number of carbonyl (C=O) groups excluding carboxylic acids is 1. The molecule has 1 unspecified atom stereocenters. The number of thiazole rings is 1. The van der Waals surface area contributed by atoms with E-state index in [1.165, 1.54) is 4.88 Å². The van der Waals surface area contributed by atoms with Gasteiger partial charge in [0.1, 0.15) is 16.9 Å². The normalized spacial score (nSPS) is 16.8. The molecule has 0 aliphatic carbocycles. The van der Waals surface area contributed by atoms with Crippen LogP contribution in [0.4, 0.5) is 0 Å². The van der Waals surface area contributed by atoms with Crippen molar-refractivity contribution in [3.05, 3.63) is 58.4 Å². The zero-order chi connectivity index (χ0) is 22.7. The Hall–Kier alpha value is -2.84. The largest absolute Gasteiger partial charge is 0.488 e. The van der Waals surface area contributed by atoms with Crippen LogP contribution in [0.2, 0.25) is 0 Å². The van der Waals surface area contributed by atoms with Crippen molar-refractivity contribution in [2.75, 3.05) is 13.2 Å². The molecule has 1 N–H and O–H groups in total. The molecule has 4 rings (SSSR count). The van der Waals surface area contributed by atoms with E-state index in [9.17, 15) is 4.79 Å². The fraction of sp³-hybridized carbons (Fsp3) is 0.417. The third-order valence-electron chi connectivity index (χ3n) is 5.31. The minimum Gasteiger partial charge on any atom is -0.488 e. The van der Waals surface area contributed by atoms with Gasteiger partial charge in [0.05, 0.1) is 30.6 Å². The minimum atomic E-state index is -0.278. The number of hydrogen-bond acceptors (Lipinski definition) is 7. The number of rotatable bonds is 7. The lowest BCUT2D eigenvalue weighted by Gasteiger charge is -2.16. The molecule has 0 bridgehead atoms. The number of aryl methyl sites for hydroxylation is 1. The van der Waals surface area contributed by atoms with Crippen LogP contribution in [0.5, 0.6) is 5.75 Å². The first kappa shape index (κ1) is 22.4. The van der Waals surface area contributed by atoms with Crippen molar-refractivity contribution >= 4 is 17.2 Å². The molecule has 3 heterocycles. The first-order chi connectivity index (χ1) is 15.4. The van der Waals surface area contributed by atoms with Gasteiger partial charge in [0.25, 0.3) is 5.91 Å². The van der Waals surface area contributed by atoms with Crippen molar-refractivity contribution in [1.82, 2.24) is 20.5 Å². The highest BCUT2D eigenvalue weighted by atomic mass is 32.1.